The van der Waals surface area contributed by atoms with Crippen molar-refractivity contribution in [2.45, 2.75) is 18.3 Å². The van der Waals surface area contributed by atoms with Gasteiger partial charge in [-0.25, -0.2) is 0 Å². The van der Waals surface area contributed by atoms with Crippen LogP contribution in [0, 0.1) is 0 Å². The minimum absolute atomic E-state index is 0. The maximum absolute atomic E-state index is 6.10. The van der Waals surface area contributed by atoms with Crippen LogP contribution in [0.3, 0.4) is 0 Å². The summed E-state index contributed by atoms with van der Waals surface area (Å²) in [5.41, 5.74) is 8.24. The molecule has 0 spiro atoms. The lowest BCUT2D eigenvalue weighted by Crippen LogP contribution is -2.25. The molecule has 0 saturated heterocycles. The maximum Gasteiger partial charge on any atom is 0.193 e. The van der Waals surface area contributed by atoms with E-state index < -0.39 is 0 Å². The van der Waals surface area contributed by atoms with Crippen molar-refractivity contribution in [3.05, 3.63) is 52.5 Å². The number of nitrogens with zero attached hydrogens (tertiary/aromatic N) is 1. The van der Waals surface area contributed by atoms with Crippen LogP contribution in [0.25, 0.3) is 0 Å². The summed E-state index contributed by atoms with van der Waals surface area (Å²) in [5.74, 6) is 1.78. The maximum atomic E-state index is 6.10. The normalized spacial score (nSPS) is 15.0. The number of halogens is 2. The van der Waals surface area contributed by atoms with Gasteiger partial charge in [0, 0.05) is 16.0 Å². The summed E-state index contributed by atoms with van der Waals surface area (Å²) in [7, 11) is 3.24. The molecule has 0 unspecified atom stereocenters. The van der Waals surface area contributed by atoms with Gasteiger partial charge in [-0.3, -0.25) is 4.99 Å². The molecule has 3 N–H and O–H groups in total. The molecule has 1 aliphatic carbocycles. The molecule has 0 radical (unpaired) electrons. The number of benzene rings is 2. The van der Waals surface area contributed by atoms with E-state index in [1.807, 2.05) is 24.3 Å². The number of nitrogens with one attached hydrogen (secondary N) is 1. The van der Waals surface area contributed by atoms with Crippen molar-refractivity contribution in [3.8, 4) is 11.5 Å². The minimum atomic E-state index is 0. The summed E-state index contributed by atoms with van der Waals surface area (Å²) in [6, 6.07) is 13.9. The minimum Gasteiger partial charge on any atom is -0.497 e. The first-order valence-electron chi connectivity index (χ1n) is 8.11. The zero-order valence-electron chi connectivity index (χ0n) is 14.8. The topological polar surface area (TPSA) is 68.9 Å². The van der Waals surface area contributed by atoms with Crippen LogP contribution in [0.5, 0.6) is 11.5 Å². The summed E-state index contributed by atoms with van der Waals surface area (Å²) in [4.78, 5) is 4.56. The summed E-state index contributed by atoms with van der Waals surface area (Å²) in [6.07, 6.45) is 2.26. The Morgan fingerprint density at radius 3 is 2.58 bits per heavy atom. The lowest BCUT2D eigenvalue weighted by molar-refractivity contribution is 0.405. The second-order valence-corrected chi connectivity index (χ2v) is 7.10. The van der Waals surface area contributed by atoms with Crippen LogP contribution < -0.4 is 20.5 Å². The Balaban J connectivity index is 0.00000243. The SMILES string of the molecule is COc1ccc(OC)c(NC(N)=NCC2(c3cccc(Br)c3)CC2)c1.I. The molecule has 0 amide bonds. The predicted octanol–water partition coefficient (Wildman–Crippen LogP) is 4.54. The number of hydrogen-bond acceptors (Lipinski definition) is 3. The molecule has 2 aromatic carbocycles. The summed E-state index contributed by atoms with van der Waals surface area (Å²) < 4.78 is 11.7. The molecule has 5 nitrogen and oxygen atoms in total. The van der Waals surface area contributed by atoms with Crippen molar-refractivity contribution >= 4 is 51.6 Å². The van der Waals surface area contributed by atoms with E-state index in [-0.39, 0.29) is 29.4 Å². The molecule has 1 aliphatic rings. The Labute approximate surface area is 179 Å². The van der Waals surface area contributed by atoms with Crippen LogP contribution in [0.15, 0.2) is 51.9 Å². The van der Waals surface area contributed by atoms with Crippen LogP contribution >= 0.6 is 39.9 Å². The van der Waals surface area contributed by atoms with Crippen molar-refractivity contribution < 1.29 is 9.47 Å². The number of aliphatic imine (C=N–C) groups is 1. The number of anilines is 1. The number of methoxy groups -OCH3 is 2. The molecule has 3 rings (SSSR count). The highest BCUT2D eigenvalue weighted by Gasteiger charge is 2.44. The fraction of sp³-hybridized carbons (Fsp3) is 0.316. The molecule has 7 heteroatoms. The average Bonchev–Trinajstić information content (AvgIpc) is 3.41. The zero-order chi connectivity index (χ0) is 17.9. The van der Waals surface area contributed by atoms with E-state index in [2.05, 4.69) is 44.4 Å². The molecule has 0 heterocycles. The molecular weight excluding hydrogens is 509 g/mol. The molecule has 1 fully saturated rings. The van der Waals surface area contributed by atoms with E-state index in [4.69, 9.17) is 15.2 Å². The largest absolute Gasteiger partial charge is 0.497 e. The van der Waals surface area contributed by atoms with Crippen molar-refractivity contribution in [1.82, 2.24) is 0 Å². The first-order valence-corrected chi connectivity index (χ1v) is 8.91. The predicted molar refractivity (Wildman–Crippen MR) is 120 cm³/mol. The second-order valence-electron chi connectivity index (χ2n) is 6.18. The van der Waals surface area contributed by atoms with E-state index in [0.717, 1.165) is 28.8 Å². The fourth-order valence-electron chi connectivity index (χ4n) is 2.83. The number of nitrogens with two attached hydrogens (primary N) is 1. The van der Waals surface area contributed by atoms with Crippen LogP contribution in [-0.4, -0.2) is 26.7 Å². The smallest absolute Gasteiger partial charge is 0.193 e. The van der Waals surface area contributed by atoms with Gasteiger partial charge in [-0.1, -0.05) is 28.1 Å². The fourth-order valence-corrected chi connectivity index (χ4v) is 3.23. The number of guanidine groups is 1. The first kappa shape index (κ1) is 20.8. The first-order chi connectivity index (χ1) is 12.1. The Morgan fingerprint density at radius 2 is 1.96 bits per heavy atom. The van der Waals surface area contributed by atoms with E-state index in [9.17, 15) is 0 Å². The Kier molecular flexibility index (Phi) is 7.16. The molecule has 1 saturated carbocycles. The number of rotatable bonds is 6. The van der Waals surface area contributed by atoms with E-state index in [1.165, 1.54) is 5.56 Å². The zero-order valence-corrected chi connectivity index (χ0v) is 18.7. The van der Waals surface area contributed by atoms with Gasteiger partial charge in [0.25, 0.3) is 0 Å². The number of hydrogen-bond donors (Lipinski definition) is 2. The van der Waals surface area contributed by atoms with E-state index in [1.54, 1.807) is 14.2 Å². The molecular formula is C19H23BrIN3O2. The highest BCUT2D eigenvalue weighted by Crippen LogP contribution is 2.48. The quantitative estimate of drug-likeness (QED) is 0.326. The molecule has 26 heavy (non-hydrogen) atoms. The van der Waals surface area contributed by atoms with Gasteiger partial charge >= 0.3 is 0 Å². The Bertz CT molecular complexity index is 794. The van der Waals surface area contributed by atoms with Crippen LogP contribution in [0.1, 0.15) is 18.4 Å². The molecule has 0 atom stereocenters. The lowest BCUT2D eigenvalue weighted by Gasteiger charge is -2.15. The van der Waals surface area contributed by atoms with Gasteiger partial charge in [0.1, 0.15) is 11.5 Å². The van der Waals surface area contributed by atoms with Crippen molar-refractivity contribution in [1.29, 1.82) is 0 Å². The highest BCUT2D eigenvalue weighted by atomic mass is 127. The van der Waals surface area contributed by atoms with Crippen LogP contribution in [0.4, 0.5) is 5.69 Å². The Hall–Kier alpha value is -1.48. The van der Waals surface area contributed by atoms with Crippen LogP contribution in [0.2, 0.25) is 0 Å². The third kappa shape index (κ3) is 4.82. The van der Waals surface area contributed by atoms with Gasteiger partial charge in [-0.15, -0.1) is 24.0 Å². The molecule has 0 bridgehead atoms. The van der Waals surface area contributed by atoms with Gasteiger partial charge in [-0.2, -0.15) is 0 Å². The molecule has 0 aromatic heterocycles. The summed E-state index contributed by atoms with van der Waals surface area (Å²) >= 11 is 3.54. The van der Waals surface area contributed by atoms with Crippen molar-refractivity contribution in [2.24, 2.45) is 10.7 Å². The Morgan fingerprint density at radius 1 is 1.19 bits per heavy atom. The molecule has 140 valence electrons. The van der Waals surface area contributed by atoms with Gasteiger partial charge in [-0.05, 0) is 42.7 Å². The lowest BCUT2D eigenvalue weighted by atomic mass is 9.96. The standard InChI is InChI=1S/C19H22BrN3O2.HI/c1-24-15-6-7-17(25-2)16(11-15)23-18(21)22-12-19(8-9-19)13-4-3-5-14(20)10-13;/h3-7,10-11H,8-9,12H2,1-2H3,(H3,21,22,23);1H. The van der Waals surface area contributed by atoms with Gasteiger partial charge < -0.3 is 20.5 Å². The summed E-state index contributed by atoms with van der Waals surface area (Å²) in [5, 5.41) is 3.11. The molecule has 2 aromatic rings. The van der Waals surface area contributed by atoms with E-state index in [0.29, 0.717) is 18.3 Å². The molecule has 0 aliphatic heterocycles. The van der Waals surface area contributed by atoms with Crippen molar-refractivity contribution in [3.63, 3.8) is 0 Å². The average molecular weight is 532 g/mol. The summed E-state index contributed by atoms with van der Waals surface area (Å²) in [6.45, 7) is 0.661. The van der Waals surface area contributed by atoms with Gasteiger partial charge in [0.05, 0.1) is 26.5 Å². The van der Waals surface area contributed by atoms with Gasteiger partial charge in [0.15, 0.2) is 5.96 Å². The van der Waals surface area contributed by atoms with Gasteiger partial charge in [0.2, 0.25) is 0 Å². The second kappa shape index (κ2) is 8.94. The third-order valence-electron chi connectivity index (χ3n) is 4.51. The monoisotopic (exact) mass is 531 g/mol. The van der Waals surface area contributed by atoms with Crippen LogP contribution in [-0.2, 0) is 5.41 Å². The van der Waals surface area contributed by atoms with E-state index >= 15 is 0 Å². The highest BCUT2D eigenvalue weighted by molar-refractivity contribution is 14.0. The number of ether oxygens (including phenoxy) is 2. The van der Waals surface area contributed by atoms with Crippen molar-refractivity contribution in [2.75, 3.05) is 26.1 Å². The third-order valence-corrected chi connectivity index (χ3v) is 5.01.